The lowest BCUT2D eigenvalue weighted by Crippen LogP contribution is -2.36. The molecule has 0 saturated heterocycles. The van der Waals surface area contributed by atoms with Crippen molar-refractivity contribution in [1.82, 2.24) is 0 Å². The number of fused-ring (bicyclic) bond motifs is 1. The Morgan fingerprint density at radius 1 is 1.18 bits per heavy atom. The molecule has 1 heterocycles. The number of rotatable bonds is 2. The van der Waals surface area contributed by atoms with Crippen LogP contribution < -0.4 is 0 Å². The van der Waals surface area contributed by atoms with E-state index in [2.05, 4.69) is 0 Å². The fraction of sp³-hybridized carbons (Fsp3) is 0.222. The molecule has 0 bridgehead atoms. The second-order valence-corrected chi connectivity index (χ2v) is 5.53. The third kappa shape index (κ3) is 2.37. The minimum Gasteiger partial charge on any atom is -0.465 e. The van der Waals surface area contributed by atoms with Crippen molar-refractivity contribution in [3.05, 3.63) is 70.8 Å². The van der Waals surface area contributed by atoms with Crippen molar-refractivity contribution in [2.45, 2.75) is 18.9 Å². The average molecular weight is 296 g/mol. The van der Waals surface area contributed by atoms with Crippen molar-refractivity contribution in [2.24, 2.45) is 0 Å². The fourth-order valence-corrected chi connectivity index (χ4v) is 2.79. The summed E-state index contributed by atoms with van der Waals surface area (Å²) in [7, 11) is 1.34. The average Bonchev–Trinajstić information content (AvgIpc) is 2.54. The Hall–Kier alpha value is -2.62. The molecule has 3 rings (SSSR count). The Labute approximate surface area is 128 Å². The van der Waals surface area contributed by atoms with Gasteiger partial charge in [0.1, 0.15) is 5.60 Å². The van der Waals surface area contributed by atoms with E-state index in [-0.39, 0.29) is 5.97 Å². The molecular weight excluding hydrogens is 280 g/mol. The number of hydrogen-bond acceptors (Lipinski definition) is 4. The molecule has 4 heteroatoms. The van der Waals surface area contributed by atoms with E-state index in [0.29, 0.717) is 17.5 Å². The Bertz CT molecular complexity index is 736. The van der Waals surface area contributed by atoms with E-state index in [1.807, 2.05) is 37.3 Å². The van der Waals surface area contributed by atoms with Gasteiger partial charge in [-0.25, -0.2) is 9.59 Å². The van der Waals surface area contributed by atoms with Crippen LogP contribution in [0.1, 0.15) is 38.8 Å². The third-order valence-corrected chi connectivity index (χ3v) is 3.98. The van der Waals surface area contributed by atoms with Gasteiger partial charge in [0.05, 0.1) is 18.2 Å². The van der Waals surface area contributed by atoms with E-state index in [9.17, 15) is 9.59 Å². The van der Waals surface area contributed by atoms with Gasteiger partial charge in [-0.1, -0.05) is 30.3 Å². The Morgan fingerprint density at radius 3 is 2.59 bits per heavy atom. The molecule has 0 amide bonds. The van der Waals surface area contributed by atoms with E-state index >= 15 is 0 Å². The zero-order valence-corrected chi connectivity index (χ0v) is 12.5. The van der Waals surface area contributed by atoms with Crippen molar-refractivity contribution in [1.29, 1.82) is 0 Å². The second-order valence-electron chi connectivity index (χ2n) is 5.53. The van der Waals surface area contributed by atoms with E-state index in [1.54, 1.807) is 18.2 Å². The van der Waals surface area contributed by atoms with Crippen molar-refractivity contribution in [3.63, 3.8) is 0 Å². The normalized spacial score (nSPS) is 20.0. The van der Waals surface area contributed by atoms with E-state index in [4.69, 9.17) is 9.47 Å². The zero-order valence-electron chi connectivity index (χ0n) is 12.5. The van der Waals surface area contributed by atoms with Gasteiger partial charge in [-0.15, -0.1) is 0 Å². The summed E-state index contributed by atoms with van der Waals surface area (Å²) in [5.74, 6) is -0.785. The number of carbonyl (C=O) groups is 2. The molecule has 1 atom stereocenters. The van der Waals surface area contributed by atoms with Gasteiger partial charge in [-0.2, -0.15) is 0 Å². The molecule has 0 spiro atoms. The first-order valence-corrected chi connectivity index (χ1v) is 7.03. The van der Waals surface area contributed by atoms with Gasteiger partial charge in [-0.05, 0) is 36.2 Å². The van der Waals surface area contributed by atoms with Gasteiger partial charge < -0.3 is 9.47 Å². The van der Waals surface area contributed by atoms with E-state index < -0.39 is 11.6 Å². The fourth-order valence-electron chi connectivity index (χ4n) is 2.79. The minimum absolute atomic E-state index is 0.371. The van der Waals surface area contributed by atoms with Crippen molar-refractivity contribution in [2.75, 3.05) is 7.11 Å². The largest absolute Gasteiger partial charge is 0.465 e. The van der Waals surface area contributed by atoms with Gasteiger partial charge in [0, 0.05) is 6.42 Å². The first-order valence-electron chi connectivity index (χ1n) is 7.03. The molecule has 4 nitrogen and oxygen atoms in total. The number of ether oxygens (including phenoxy) is 2. The molecule has 0 N–H and O–H groups in total. The molecule has 0 aliphatic carbocycles. The molecule has 2 aromatic rings. The monoisotopic (exact) mass is 296 g/mol. The molecule has 2 aromatic carbocycles. The molecule has 1 aliphatic rings. The molecule has 0 radical (unpaired) electrons. The molecule has 22 heavy (non-hydrogen) atoms. The number of carbonyl (C=O) groups excluding carboxylic acids is 2. The molecule has 0 saturated carbocycles. The molecule has 1 aliphatic heterocycles. The zero-order chi connectivity index (χ0) is 15.7. The smallest absolute Gasteiger partial charge is 0.339 e. The predicted molar refractivity (Wildman–Crippen MR) is 80.7 cm³/mol. The molecule has 0 aromatic heterocycles. The van der Waals surface area contributed by atoms with Crippen LogP contribution in [0, 0.1) is 0 Å². The summed E-state index contributed by atoms with van der Waals surface area (Å²) in [4.78, 5) is 24.0. The third-order valence-electron chi connectivity index (χ3n) is 3.98. The maximum atomic E-state index is 12.3. The van der Waals surface area contributed by atoms with Crippen LogP contribution in [0.5, 0.6) is 0 Å². The highest BCUT2D eigenvalue weighted by Crippen LogP contribution is 2.36. The number of methoxy groups -OCH3 is 1. The lowest BCUT2D eigenvalue weighted by atomic mass is 9.84. The Balaban J connectivity index is 2.04. The number of esters is 2. The second kappa shape index (κ2) is 5.30. The summed E-state index contributed by atoms with van der Waals surface area (Å²) in [6.07, 6.45) is 0.517. The van der Waals surface area contributed by atoms with Gasteiger partial charge in [0.2, 0.25) is 0 Å². The van der Waals surface area contributed by atoms with Gasteiger partial charge in [0.15, 0.2) is 0 Å². The highest BCUT2D eigenvalue weighted by Gasteiger charge is 2.38. The van der Waals surface area contributed by atoms with Crippen LogP contribution in [0.25, 0.3) is 0 Å². The maximum absolute atomic E-state index is 12.3. The SMILES string of the molecule is COC(=O)c1ccc2c(c1)C[C@](C)(c1ccccc1)OC2=O. The Morgan fingerprint density at radius 2 is 1.91 bits per heavy atom. The van der Waals surface area contributed by atoms with Crippen LogP contribution in [0.4, 0.5) is 0 Å². The molecular formula is C18H16O4. The highest BCUT2D eigenvalue weighted by atomic mass is 16.6. The maximum Gasteiger partial charge on any atom is 0.339 e. The van der Waals surface area contributed by atoms with Crippen LogP contribution >= 0.6 is 0 Å². The summed E-state index contributed by atoms with van der Waals surface area (Å²) in [6.45, 7) is 1.88. The van der Waals surface area contributed by atoms with Crippen molar-refractivity contribution in [3.8, 4) is 0 Å². The minimum atomic E-state index is -0.736. The van der Waals surface area contributed by atoms with Gasteiger partial charge >= 0.3 is 11.9 Å². The first-order chi connectivity index (χ1) is 10.5. The van der Waals surface area contributed by atoms with E-state index in [1.165, 1.54) is 7.11 Å². The topological polar surface area (TPSA) is 52.6 Å². The van der Waals surface area contributed by atoms with Crippen LogP contribution in [0.15, 0.2) is 48.5 Å². The van der Waals surface area contributed by atoms with Gasteiger partial charge in [0.25, 0.3) is 0 Å². The van der Waals surface area contributed by atoms with Crippen molar-refractivity contribution >= 4 is 11.9 Å². The lowest BCUT2D eigenvalue weighted by molar-refractivity contribution is -0.0182. The van der Waals surface area contributed by atoms with Crippen molar-refractivity contribution < 1.29 is 19.1 Å². The molecule has 112 valence electrons. The summed E-state index contributed by atoms with van der Waals surface area (Å²) in [6, 6.07) is 14.5. The lowest BCUT2D eigenvalue weighted by Gasteiger charge is -2.35. The summed E-state index contributed by atoms with van der Waals surface area (Å²) in [5.41, 5.74) is 1.93. The summed E-state index contributed by atoms with van der Waals surface area (Å²) < 4.78 is 10.4. The number of hydrogen-bond donors (Lipinski definition) is 0. The molecule has 0 unspecified atom stereocenters. The van der Waals surface area contributed by atoms with Gasteiger partial charge in [-0.3, -0.25) is 0 Å². The van der Waals surface area contributed by atoms with Crippen LogP contribution in [-0.2, 0) is 21.5 Å². The summed E-state index contributed by atoms with van der Waals surface area (Å²) >= 11 is 0. The summed E-state index contributed by atoms with van der Waals surface area (Å²) in [5, 5.41) is 0. The predicted octanol–water partition coefficient (Wildman–Crippen LogP) is 3.10. The van der Waals surface area contributed by atoms with Crippen LogP contribution in [0.2, 0.25) is 0 Å². The highest BCUT2D eigenvalue weighted by molar-refractivity contribution is 5.95. The Kier molecular flexibility index (Phi) is 3.45. The quantitative estimate of drug-likeness (QED) is 0.799. The van der Waals surface area contributed by atoms with Crippen LogP contribution in [-0.4, -0.2) is 19.0 Å². The number of benzene rings is 2. The first kappa shape index (κ1) is 14.3. The van der Waals surface area contributed by atoms with E-state index in [0.717, 1.165) is 11.1 Å². The molecule has 0 fully saturated rings. The van der Waals surface area contributed by atoms with Crippen LogP contribution in [0.3, 0.4) is 0 Å². The number of cyclic esters (lactones) is 1. The standard InChI is InChI=1S/C18H16O4/c1-18(14-6-4-3-5-7-14)11-13-10-12(16(19)21-2)8-9-15(13)17(20)22-18/h3-10H,11H2,1-2H3/t18-/m1/s1.